The lowest BCUT2D eigenvalue weighted by Crippen LogP contribution is -2.30. The first-order chi connectivity index (χ1) is 14.6. The summed E-state index contributed by atoms with van der Waals surface area (Å²) in [5.41, 5.74) is 4.72. The van der Waals surface area contributed by atoms with E-state index in [4.69, 9.17) is 4.42 Å². The topological polar surface area (TPSA) is 85.1 Å². The van der Waals surface area contributed by atoms with Gasteiger partial charge in [0.2, 0.25) is 11.8 Å². The molecular weight excluding hydrogens is 410 g/mol. The van der Waals surface area contributed by atoms with E-state index in [0.717, 1.165) is 22.3 Å². The minimum absolute atomic E-state index is 0.00876. The summed E-state index contributed by atoms with van der Waals surface area (Å²) in [5.74, 6) is 0.140. The summed E-state index contributed by atoms with van der Waals surface area (Å²) in [7, 11) is 0. The molecule has 1 N–H and O–H groups in total. The number of carbonyl (C=O) groups excluding carboxylic acids is 2. The number of rotatable bonds is 6. The predicted octanol–water partition coefficient (Wildman–Crippen LogP) is 5.09. The molecule has 7 heteroatoms. The first kappa shape index (κ1) is 22.7. The molecule has 0 spiro atoms. The van der Waals surface area contributed by atoms with Gasteiger partial charge in [0, 0.05) is 23.3 Å². The minimum Gasteiger partial charge on any atom is -0.411 e. The zero-order valence-corrected chi connectivity index (χ0v) is 19.3. The summed E-state index contributed by atoms with van der Waals surface area (Å²) in [6, 6.07) is 13.4. The first-order valence-electron chi connectivity index (χ1n) is 10.1. The molecule has 6 nitrogen and oxygen atoms in total. The number of thioether (sulfide) groups is 1. The van der Waals surface area contributed by atoms with Crippen LogP contribution in [0.25, 0.3) is 11.5 Å². The van der Waals surface area contributed by atoms with Crippen LogP contribution in [0.15, 0.2) is 52.1 Å². The van der Waals surface area contributed by atoms with Gasteiger partial charge in [0.15, 0.2) is 0 Å². The highest BCUT2D eigenvalue weighted by Gasteiger charge is 2.16. The molecule has 31 heavy (non-hydrogen) atoms. The smallest absolute Gasteiger partial charge is 0.276 e. The van der Waals surface area contributed by atoms with Crippen molar-refractivity contribution < 1.29 is 14.0 Å². The van der Waals surface area contributed by atoms with Gasteiger partial charge in [-0.3, -0.25) is 14.9 Å². The quantitative estimate of drug-likeness (QED) is 0.541. The van der Waals surface area contributed by atoms with Gasteiger partial charge >= 0.3 is 0 Å². The lowest BCUT2D eigenvalue weighted by atomic mass is 9.87. The summed E-state index contributed by atoms with van der Waals surface area (Å²) in [6.07, 6.45) is 0.164. The van der Waals surface area contributed by atoms with Gasteiger partial charge in [-0.15, -0.1) is 10.2 Å². The van der Waals surface area contributed by atoms with Gasteiger partial charge in [0.1, 0.15) is 0 Å². The van der Waals surface area contributed by atoms with Crippen LogP contribution in [0.1, 0.15) is 54.2 Å². The van der Waals surface area contributed by atoms with Crippen LogP contribution in [-0.2, 0) is 10.2 Å². The normalized spacial score (nSPS) is 11.4. The maximum atomic E-state index is 12.3. The van der Waals surface area contributed by atoms with E-state index >= 15 is 0 Å². The molecule has 1 heterocycles. The monoisotopic (exact) mass is 437 g/mol. The fraction of sp³-hybridized carbons (Fsp3) is 0.333. The Balaban J connectivity index is 1.49. The van der Waals surface area contributed by atoms with Crippen LogP contribution >= 0.6 is 11.8 Å². The van der Waals surface area contributed by atoms with E-state index < -0.39 is 5.91 Å². The number of amides is 2. The zero-order valence-electron chi connectivity index (χ0n) is 18.5. The van der Waals surface area contributed by atoms with E-state index in [1.54, 1.807) is 12.1 Å². The molecule has 2 aromatic carbocycles. The van der Waals surface area contributed by atoms with Crippen LogP contribution < -0.4 is 5.32 Å². The second-order valence-electron chi connectivity index (χ2n) is 8.55. The van der Waals surface area contributed by atoms with Crippen molar-refractivity contribution in [1.82, 2.24) is 15.5 Å². The van der Waals surface area contributed by atoms with Gasteiger partial charge in [-0.25, -0.2) is 0 Å². The molecule has 0 aliphatic heterocycles. The van der Waals surface area contributed by atoms with E-state index in [0.29, 0.717) is 22.4 Å². The van der Waals surface area contributed by atoms with Crippen LogP contribution in [0.4, 0.5) is 0 Å². The molecule has 1 aromatic heterocycles. The highest BCUT2D eigenvalue weighted by Crippen LogP contribution is 2.25. The van der Waals surface area contributed by atoms with Crippen molar-refractivity contribution in [3.8, 4) is 11.5 Å². The van der Waals surface area contributed by atoms with E-state index in [2.05, 4.69) is 42.4 Å². The van der Waals surface area contributed by atoms with Gasteiger partial charge in [-0.05, 0) is 49.1 Å². The standard InChI is InChI=1S/C24H27N3O3S/c1-15-12-16(2)14-18(13-15)22-26-27-23(30-22)31-11-10-20(28)25-21(29)17-6-8-19(9-7-17)24(3,4)5/h6-9,12-14H,10-11H2,1-5H3,(H,25,28,29). The molecule has 0 fully saturated rings. The molecule has 0 aliphatic carbocycles. The Hall–Kier alpha value is -2.93. The SMILES string of the molecule is Cc1cc(C)cc(-c2nnc(SCCC(=O)NC(=O)c3ccc(C(C)(C)C)cc3)o2)c1. The minimum atomic E-state index is -0.398. The number of hydrogen-bond donors (Lipinski definition) is 1. The third-order valence-electron chi connectivity index (χ3n) is 4.70. The Morgan fingerprint density at radius 1 is 1.00 bits per heavy atom. The van der Waals surface area contributed by atoms with Crippen molar-refractivity contribution in [2.45, 2.75) is 51.7 Å². The summed E-state index contributed by atoms with van der Waals surface area (Å²) in [6.45, 7) is 10.4. The number of imide groups is 1. The Morgan fingerprint density at radius 2 is 1.65 bits per heavy atom. The average molecular weight is 438 g/mol. The van der Waals surface area contributed by atoms with Crippen LogP contribution in [0.5, 0.6) is 0 Å². The van der Waals surface area contributed by atoms with E-state index in [-0.39, 0.29) is 17.7 Å². The molecule has 0 aliphatic rings. The summed E-state index contributed by atoms with van der Waals surface area (Å²) < 4.78 is 5.69. The van der Waals surface area contributed by atoms with Crippen molar-refractivity contribution >= 4 is 23.6 Å². The summed E-state index contributed by atoms with van der Waals surface area (Å²) in [5, 5.41) is 10.9. The van der Waals surface area contributed by atoms with Gasteiger partial charge < -0.3 is 4.42 Å². The van der Waals surface area contributed by atoms with Crippen LogP contribution in [0.3, 0.4) is 0 Å². The maximum absolute atomic E-state index is 12.3. The average Bonchev–Trinajstić information content (AvgIpc) is 3.15. The molecule has 0 saturated heterocycles. The van der Waals surface area contributed by atoms with E-state index in [1.807, 2.05) is 38.1 Å². The first-order valence-corrected chi connectivity index (χ1v) is 11.1. The van der Waals surface area contributed by atoms with Gasteiger partial charge in [-0.1, -0.05) is 61.9 Å². The lowest BCUT2D eigenvalue weighted by molar-refractivity contribution is -0.119. The molecule has 0 bridgehead atoms. The summed E-state index contributed by atoms with van der Waals surface area (Å²) in [4.78, 5) is 24.4. The number of benzene rings is 2. The van der Waals surface area contributed by atoms with E-state index in [1.165, 1.54) is 11.8 Å². The molecule has 2 amide bonds. The van der Waals surface area contributed by atoms with Crippen molar-refractivity contribution in [3.05, 3.63) is 64.7 Å². The van der Waals surface area contributed by atoms with Crippen molar-refractivity contribution in [2.75, 3.05) is 5.75 Å². The van der Waals surface area contributed by atoms with Crippen LogP contribution in [0.2, 0.25) is 0 Å². The third kappa shape index (κ3) is 6.28. The van der Waals surface area contributed by atoms with Gasteiger partial charge in [-0.2, -0.15) is 0 Å². The predicted molar refractivity (Wildman–Crippen MR) is 122 cm³/mol. The molecule has 162 valence electrons. The molecule has 3 rings (SSSR count). The number of hydrogen-bond acceptors (Lipinski definition) is 6. The number of aryl methyl sites for hydroxylation is 2. The number of nitrogens with zero attached hydrogens (tertiary/aromatic N) is 2. The Morgan fingerprint density at radius 3 is 2.26 bits per heavy atom. The fourth-order valence-electron chi connectivity index (χ4n) is 3.10. The van der Waals surface area contributed by atoms with Gasteiger partial charge in [0.25, 0.3) is 11.1 Å². The molecule has 0 radical (unpaired) electrons. The van der Waals surface area contributed by atoms with Crippen LogP contribution in [0, 0.1) is 13.8 Å². The van der Waals surface area contributed by atoms with Crippen LogP contribution in [-0.4, -0.2) is 27.8 Å². The Labute approximate surface area is 186 Å². The third-order valence-corrected chi connectivity index (χ3v) is 5.52. The largest absolute Gasteiger partial charge is 0.411 e. The molecule has 3 aromatic rings. The van der Waals surface area contributed by atoms with E-state index in [9.17, 15) is 9.59 Å². The highest BCUT2D eigenvalue weighted by molar-refractivity contribution is 7.99. The highest BCUT2D eigenvalue weighted by atomic mass is 32.2. The lowest BCUT2D eigenvalue weighted by Gasteiger charge is -2.18. The molecular formula is C24H27N3O3S. The second kappa shape index (κ2) is 9.47. The molecule has 0 unspecified atom stereocenters. The Kier molecular flexibility index (Phi) is 6.95. The molecule has 0 saturated carbocycles. The van der Waals surface area contributed by atoms with Crippen molar-refractivity contribution in [1.29, 1.82) is 0 Å². The number of aromatic nitrogens is 2. The second-order valence-corrected chi connectivity index (χ2v) is 9.60. The summed E-state index contributed by atoms with van der Waals surface area (Å²) >= 11 is 1.29. The Bertz CT molecular complexity index is 1060. The number of carbonyl (C=O) groups is 2. The van der Waals surface area contributed by atoms with Gasteiger partial charge in [0.05, 0.1) is 0 Å². The zero-order chi connectivity index (χ0) is 22.6. The molecule has 0 atom stereocenters. The van der Waals surface area contributed by atoms with Crippen molar-refractivity contribution in [3.63, 3.8) is 0 Å². The number of nitrogens with one attached hydrogen (secondary N) is 1. The van der Waals surface area contributed by atoms with Crippen molar-refractivity contribution in [2.24, 2.45) is 0 Å². The fourth-order valence-corrected chi connectivity index (χ4v) is 3.80. The maximum Gasteiger partial charge on any atom is 0.276 e.